The Labute approximate surface area is 95.5 Å². The van der Waals surface area contributed by atoms with Crippen LogP contribution in [0.1, 0.15) is 29.0 Å². The first-order valence-electron chi connectivity index (χ1n) is 5.62. The Hall–Kier alpha value is -1.35. The van der Waals surface area contributed by atoms with Gasteiger partial charge in [0.1, 0.15) is 6.04 Å². The van der Waals surface area contributed by atoms with Crippen molar-refractivity contribution < 1.29 is 9.90 Å². The molecule has 0 aliphatic carbocycles. The van der Waals surface area contributed by atoms with Crippen molar-refractivity contribution in [2.24, 2.45) is 0 Å². The summed E-state index contributed by atoms with van der Waals surface area (Å²) in [4.78, 5) is 11.1. The maximum atomic E-state index is 11.1. The molecule has 3 heteroatoms. The van der Waals surface area contributed by atoms with Crippen LogP contribution in [0, 0.1) is 13.8 Å². The zero-order valence-corrected chi connectivity index (χ0v) is 9.66. The van der Waals surface area contributed by atoms with Crippen LogP contribution in [0.15, 0.2) is 18.2 Å². The number of aryl methyl sites for hydroxylation is 2. The number of aliphatic carboxylic acids is 1. The summed E-state index contributed by atoms with van der Waals surface area (Å²) in [5.74, 6) is -0.641. The Morgan fingerprint density at radius 3 is 2.50 bits per heavy atom. The van der Waals surface area contributed by atoms with Crippen LogP contribution < -0.4 is 5.32 Å². The lowest BCUT2D eigenvalue weighted by Gasteiger charge is -2.17. The van der Waals surface area contributed by atoms with Gasteiger partial charge in [-0.15, -0.1) is 0 Å². The number of rotatable bonds is 2. The SMILES string of the molecule is Cc1cc(C)cc(C2CCNC2C(=O)O)c1. The van der Waals surface area contributed by atoms with E-state index in [0.717, 1.165) is 18.5 Å². The predicted molar refractivity (Wildman–Crippen MR) is 62.7 cm³/mol. The lowest BCUT2D eigenvalue weighted by atomic mass is 9.90. The highest BCUT2D eigenvalue weighted by Crippen LogP contribution is 2.29. The summed E-state index contributed by atoms with van der Waals surface area (Å²) in [6, 6.07) is 5.88. The van der Waals surface area contributed by atoms with Crippen molar-refractivity contribution >= 4 is 5.97 Å². The summed E-state index contributed by atoms with van der Waals surface area (Å²) < 4.78 is 0. The molecule has 1 aliphatic heterocycles. The van der Waals surface area contributed by atoms with E-state index in [0.29, 0.717) is 0 Å². The Morgan fingerprint density at radius 1 is 1.31 bits per heavy atom. The van der Waals surface area contributed by atoms with Crippen LogP contribution in [-0.4, -0.2) is 23.7 Å². The van der Waals surface area contributed by atoms with Gasteiger partial charge in [0, 0.05) is 5.92 Å². The summed E-state index contributed by atoms with van der Waals surface area (Å²) in [5, 5.41) is 12.2. The van der Waals surface area contributed by atoms with E-state index in [9.17, 15) is 4.79 Å². The third kappa shape index (κ3) is 2.09. The Balaban J connectivity index is 2.32. The highest BCUT2D eigenvalue weighted by atomic mass is 16.4. The van der Waals surface area contributed by atoms with Crippen LogP contribution in [0.3, 0.4) is 0 Å². The average Bonchev–Trinajstić information content (AvgIpc) is 2.63. The van der Waals surface area contributed by atoms with Crippen molar-refractivity contribution in [3.63, 3.8) is 0 Å². The molecule has 0 radical (unpaired) electrons. The molecule has 2 unspecified atom stereocenters. The first kappa shape index (κ1) is 11.1. The molecule has 2 atom stereocenters. The smallest absolute Gasteiger partial charge is 0.321 e. The van der Waals surface area contributed by atoms with Crippen molar-refractivity contribution in [2.75, 3.05) is 6.54 Å². The molecule has 86 valence electrons. The van der Waals surface area contributed by atoms with Gasteiger partial charge in [-0.3, -0.25) is 4.79 Å². The van der Waals surface area contributed by atoms with E-state index < -0.39 is 12.0 Å². The first-order valence-corrected chi connectivity index (χ1v) is 5.62. The summed E-state index contributed by atoms with van der Waals surface area (Å²) in [5.41, 5.74) is 3.55. The maximum Gasteiger partial charge on any atom is 0.321 e. The summed E-state index contributed by atoms with van der Waals surface area (Å²) in [6.45, 7) is 4.89. The normalized spacial score (nSPS) is 24.6. The second-order valence-corrected chi connectivity index (χ2v) is 4.59. The van der Waals surface area contributed by atoms with E-state index in [2.05, 4.69) is 37.4 Å². The molecule has 0 bridgehead atoms. The second-order valence-electron chi connectivity index (χ2n) is 4.59. The number of benzene rings is 1. The summed E-state index contributed by atoms with van der Waals surface area (Å²) in [6.07, 6.45) is 0.903. The largest absolute Gasteiger partial charge is 0.480 e. The maximum absolute atomic E-state index is 11.1. The van der Waals surface area contributed by atoms with Gasteiger partial charge in [0.15, 0.2) is 0 Å². The van der Waals surface area contributed by atoms with Crippen LogP contribution in [0.4, 0.5) is 0 Å². The fourth-order valence-electron chi connectivity index (χ4n) is 2.55. The van der Waals surface area contributed by atoms with E-state index in [1.165, 1.54) is 11.1 Å². The van der Waals surface area contributed by atoms with Crippen LogP contribution in [0.25, 0.3) is 0 Å². The highest BCUT2D eigenvalue weighted by Gasteiger charge is 2.33. The van der Waals surface area contributed by atoms with Gasteiger partial charge in [0.05, 0.1) is 0 Å². The van der Waals surface area contributed by atoms with Crippen molar-refractivity contribution in [1.29, 1.82) is 0 Å². The quantitative estimate of drug-likeness (QED) is 0.798. The van der Waals surface area contributed by atoms with Crippen LogP contribution in [0.2, 0.25) is 0 Å². The predicted octanol–water partition coefficient (Wildman–Crippen LogP) is 1.83. The van der Waals surface area contributed by atoms with Gasteiger partial charge in [-0.25, -0.2) is 0 Å². The molecule has 1 aliphatic rings. The molecule has 0 spiro atoms. The Kier molecular flexibility index (Phi) is 2.97. The van der Waals surface area contributed by atoms with Crippen LogP contribution in [0.5, 0.6) is 0 Å². The summed E-state index contributed by atoms with van der Waals surface area (Å²) >= 11 is 0. The van der Waals surface area contributed by atoms with Crippen LogP contribution >= 0.6 is 0 Å². The highest BCUT2D eigenvalue weighted by molar-refractivity contribution is 5.75. The average molecular weight is 219 g/mol. The third-order valence-corrected chi connectivity index (χ3v) is 3.16. The fraction of sp³-hybridized carbons (Fsp3) is 0.462. The van der Waals surface area contributed by atoms with Gasteiger partial charge >= 0.3 is 5.97 Å². The third-order valence-electron chi connectivity index (χ3n) is 3.16. The minimum atomic E-state index is -0.748. The van der Waals surface area contributed by atoms with Crippen molar-refractivity contribution in [1.82, 2.24) is 5.32 Å². The number of carbonyl (C=O) groups is 1. The fourth-order valence-corrected chi connectivity index (χ4v) is 2.55. The Morgan fingerprint density at radius 2 is 1.94 bits per heavy atom. The molecule has 2 N–H and O–H groups in total. The number of carboxylic acid groups (broad SMARTS) is 1. The van der Waals surface area contributed by atoms with Crippen molar-refractivity contribution in [2.45, 2.75) is 32.2 Å². The standard InChI is InChI=1S/C13H17NO2/c1-8-5-9(2)7-10(6-8)11-3-4-14-12(11)13(15)16/h5-7,11-12,14H,3-4H2,1-2H3,(H,15,16). The van der Waals surface area contributed by atoms with Gasteiger partial charge in [-0.2, -0.15) is 0 Å². The molecular weight excluding hydrogens is 202 g/mol. The number of hydrogen-bond donors (Lipinski definition) is 2. The van der Waals surface area contributed by atoms with Crippen molar-refractivity contribution in [3.05, 3.63) is 34.9 Å². The zero-order valence-electron chi connectivity index (χ0n) is 9.66. The van der Waals surface area contributed by atoms with E-state index in [1.807, 2.05) is 0 Å². The second kappa shape index (κ2) is 4.26. The van der Waals surface area contributed by atoms with E-state index in [4.69, 9.17) is 5.11 Å². The van der Waals surface area contributed by atoms with Crippen molar-refractivity contribution in [3.8, 4) is 0 Å². The number of carboxylic acids is 1. The molecule has 2 rings (SSSR count). The van der Waals surface area contributed by atoms with E-state index >= 15 is 0 Å². The van der Waals surface area contributed by atoms with Gasteiger partial charge in [0.25, 0.3) is 0 Å². The topological polar surface area (TPSA) is 49.3 Å². The number of nitrogens with one attached hydrogen (secondary N) is 1. The van der Waals surface area contributed by atoms with Gasteiger partial charge < -0.3 is 10.4 Å². The summed E-state index contributed by atoms with van der Waals surface area (Å²) in [7, 11) is 0. The van der Waals surface area contributed by atoms with Gasteiger partial charge in [-0.05, 0) is 32.4 Å². The molecule has 1 aromatic rings. The molecular formula is C13H17NO2. The van der Waals surface area contributed by atoms with Crippen LogP contribution in [-0.2, 0) is 4.79 Å². The molecule has 1 aromatic carbocycles. The monoisotopic (exact) mass is 219 g/mol. The first-order chi connectivity index (χ1) is 7.58. The minimum Gasteiger partial charge on any atom is -0.480 e. The van der Waals surface area contributed by atoms with Gasteiger partial charge in [0.2, 0.25) is 0 Å². The molecule has 1 fully saturated rings. The lowest BCUT2D eigenvalue weighted by molar-refractivity contribution is -0.139. The van der Waals surface area contributed by atoms with E-state index in [1.54, 1.807) is 0 Å². The van der Waals surface area contributed by atoms with Gasteiger partial charge in [-0.1, -0.05) is 29.3 Å². The Bertz CT molecular complexity index is 394. The number of hydrogen-bond acceptors (Lipinski definition) is 2. The van der Waals surface area contributed by atoms with E-state index in [-0.39, 0.29) is 5.92 Å². The molecule has 1 heterocycles. The molecule has 3 nitrogen and oxygen atoms in total. The lowest BCUT2D eigenvalue weighted by Crippen LogP contribution is -2.34. The molecule has 16 heavy (non-hydrogen) atoms. The zero-order chi connectivity index (χ0) is 11.7. The molecule has 0 aromatic heterocycles. The minimum absolute atomic E-state index is 0.107. The molecule has 0 amide bonds. The molecule has 0 saturated carbocycles. The molecule has 1 saturated heterocycles.